The van der Waals surface area contributed by atoms with Crippen LogP contribution in [0.4, 0.5) is 0 Å². The van der Waals surface area contributed by atoms with Crippen LogP contribution in [0, 0.1) is 0 Å². The minimum Gasteiger partial charge on any atom is -0.481 e. The molecule has 15 heteroatoms. The summed E-state index contributed by atoms with van der Waals surface area (Å²) in [5.41, 5.74) is 16.0. The molecule has 182 valence electrons. The van der Waals surface area contributed by atoms with E-state index in [0.717, 1.165) is 0 Å². The Hall–Kier alpha value is -3.46. The number of hydrogen-bond donors (Lipinski definition) is 9. The van der Waals surface area contributed by atoms with Crippen LogP contribution in [-0.4, -0.2) is 88.3 Å². The summed E-state index contributed by atoms with van der Waals surface area (Å²) in [6.07, 6.45) is -1.76. The molecule has 3 amide bonds. The molecular weight excluding hydrogens is 430 g/mol. The SMILES string of the molecule is CC(O)C(N)C(=O)NC(CCCN=C(N)N)C(=O)NC(CCC(=O)O)C(=O)NCC(=O)O. The number of nitrogens with zero attached hydrogens (tertiary/aromatic N) is 1. The Balaban J connectivity index is 5.40. The lowest BCUT2D eigenvalue weighted by Crippen LogP contribution is -2.57. The maximum absolute atomic E-state index is 12.7. The summed E-state index contributed by atoms with van der Waals surface area (Å²) in [6.45, 7) is 0.680. The molecule has 0 aliphatic heterocycles. The monoisotopic (exact) mass is 461 g/mol. The van der Waals surface area contributed by atoms with Gasteiger partial charge in [0.2, 0.25) is 17.7 Å². The summed E-state index contributed by atoms with van der Waals surface area (Å²) in [7, 11) is 0. The third-order valence-corrected chi connectivity index (χ3v) is 4.09. The molecule has 0 saturated carbocycles. The number of amides is 3. The number of nitrogens with two attached hydrogens (primary N) is 3. The zero-order valence-corrected chi connectivity index (χ0v) is 17.6. The number of carbonyl (C=O) groups is 5. The van der Waals surface area contributed by atoms with Crippen molar-refractivity contribution in [2.45, 2.75) is 56.8 Å². The third-order valence-electron chi connectivity index (χ3n) is 4.09. The molecule has 0 heterocycles. The van der Waals surface area contributed by atoms with Gasteiger partial charge in [0, 0.05) is 13.0 Å². The molecule has 15 nitrogen and oxygen atoms in total. The van der Waals surface area contributed by atoms with Gasteiger partial charge in [0.05, 0.1) is 6.10 Å². The largest absolute Gasteiger partial charge is 0.481 e. The van der Waals surface area contributed by atoms with E-state index in [9.17, 15) is 29.1 Å². The van der Waals surface area contributed by atoms with Gasteiger partial charge in [0.1, 0.15) is 24.7 Å². The number of guanidine groups is 1. The molecular formula is C17H31N7O8. The Kier molecular flexibility index (Phi) is 13.0. The van der Waals surface area contributed by atoms with Crippen LogP contribution in [0.25, 0.3) is 0 Å². The molecule has 4 atom stereocenters. The van der Waals surface area contributed by atoms with Gasteiger partial charge in [-0.15, -0.1) is 0 Å². The van der Waals surface area contributed by atoms with E-state index >= 15 is 0 Å². The first-order chi connectivity index (χ1) is 14.8. The second-order valence-corrected chi connectivity index (χ2v) is 6.88. The van der Waals surface area contributed by atoms with Crippen LogP contribution in [0.3, 0.4) is 0 Å². The van der Waals surface area contributed by atoms with Gasteiger partial charge >= 0.3 is 11.9 Å². The van der Waals surface area contributed by atoms with Gasteiger partial charge in [-0.05, 0) is 26.2 Å². The minimum atomic E-state index is -1.37. The van der Waals surface area contributed by atoms with Crippen LogP contribution < -0.4 is 33.2 Å². The van der Waals surface area contributed by atoms with Crippen molar-refractivity contribution in [3.05, 3.63) is 0 Å². The molecule has 0 aromatic rings. The van der Waals surface area contributed by atoms with E-state index in [0.29, 0.717) is 0 Å². The van der Waals surface area contributed by atoms with Crippen molar-refractivity contribution in [3.8, 4) is 0 Å². The van der Waals surface area contributed by atoms with Crippen molar-refractivity contribution < 1.29 is 39.3 Å². The number of nitrogens with one attached hydrogen (secondary N) is 3. The van der Waals surface area contributed by atoms with Crippen molar-refractivity contribution in [1.82, 2.24) is 16.0 Å². The highest BCUT2D eigenvalue weighted by Crippen LogP contribution is 2.04. The predicted molar refractivity (Wildman–Crippen MR) is 111 cm³/mol. The summed E-state index contributed by atoms with van der Waals surface area (Å²) in [6, 6.07) is -3.92. The zero-order chi connectivity index (χ0) is 24.8. The summed E-state index contributed by atoms with van der Waals surface area (Å²) < 4.78 is 0. The zero-order valence-electron chi connectivity index (χ0n) is 17.6. The van der Waals surface area contributed by atoms with Crippen molar-refractivity contribution in [3.63, 3.8) is 0 Å². The van der Waals surface area contributed by atoms with E-state index in [2.05, 4.69) is 20.9 Å². The lowest BCUT2D eigenvalue weighted by atomic mass is 10.1. The molecule has 0 spiro atoms. The van der Waals surface area contributed by atoms with Crippen LogP contribution in [0.15, 0.2) is 4.99 Å². The fourth-order valence-corrected chi connectivity index (χ4v) is 2.35. The second-order valence-electron chi connectivity index (χ2n) is 6.88. The number of aliphatic imine (C=N–C) groups is 1. The summed E-state index contributed by atoms with van der Waals surface area (Å²) in [5.74, 6) is -5.33. The Morgan fingerprint density at radius 1 is 0.906 bits per heavy atom. The normalized spacial score (nSPS) is 14.2. The quantitative estimate of drug-likeness (QED) is 0.0640. The van der Waals surface area contributed by atoms with Gasteiger partial charge in [-0.3, -0.25) is 29.0 Å². The molecule has 0 radical (unpaired) electrons. The lowest BCUT2D eigenvalue weighted by molar-refractivity contribution is -0.140. The Morgan fingerprint density at radius 2 is 1.47 bits per heavy atom. The number of rotatable bonds is 15. The standard InChI is InChI=1S/C17H31N7O8/c1-8(25)13(18)16(32)24-9(3-2-6-21-17(19)20)15(31)23-10(4-5-11(26)27)14(30)22-7-12(28)29/h8-10,13,25H,2-7,18H2,1H3,(H,22,30)(H,23,31)(H,24,32)(H,26,27)(H,28,29)(H4,19,20,21). The highest BCUT2D eigenvalue weighted by molar-refractivity contribution is 5.94. The molecule has 0 aromatic heterocycles. The van der Waals surface area contributed by atoms with Crippen LogP contribution in [0.1, 0.15) is 32.6 Å². The van der Waals surface area contributed by atoms with Crippen molar-refractivity contribution in [1.29, 1.82) is 0 Å². The van der Waals surface area contributed by atoms with Crippen molar-refractivity contribution in [2.75, 3.05) is 13.1 Å². The van der Waals surface area contributed by atoms with E-state index in [1.54, 1.807) is 0 Å². The smallest absolute Gasteiger partial charge is 0.322 e. The minimum absolute atomic E-state index is 0.0171. The maximum atomic E-state index is 12.7. The molecule has 0 bridgehead atoms. The van der Waals surface area contributed by atoms with Gasteiger partial charge in [0.25, 0.3) is 0 Å². The number of aliphatic hydroxyl groups excluding tert-OH is 1. The molecule has 4 unspecified atom stereocenters. The molecule has 0 aliphatic rings. The summed E-state index contributed by atoms with van der Waals surface area (Å²) >= 11 is 0. The van der Waals surface area contributed by atoms with E-state index < -0.39 is 66.9 Å². The Bertz CT molecular complexity index is 709. The molecule has 32 heavy (non-hydrogen) atoms. The molecule has 0 rings (SSSR count). The van der Waals surface area contributed by atoms with Crippen LogP contribution in [0.2, 0.25) is 0 Å². The van der Waals surface area contributed by atoms with Crippen molar-refractivity contribution in [2.24, 2.45) is 22.2 Å². The summed E-state index contributed by atoms with van der Waals surface area (Å²) in [4.78, 5) is 62.4. The van der Waals surface area contributed by atoms with E-state index in [4.69, 9.17) is 27.4 Å². The van der Waals surface area contributed by atoms with Gasteiger partial charge in [-0.25, -0.2) is 0 Å². The second kappa shape index (κ2) is 14.5. The molecule has 12 N–H and O–H groups in total. The first-order valence-electron chi connectivity index (χ1n) is 9.66. The number of carboxylic acid groups (broad SMARTS) is 2. The Morgan fingerprint density at radius 3 is 1.97 bits per heavy atom. The lowest BCUT2D eigenvalue weighted by Gasteiger charge is -2.24. The van der Waals surface area contributed by atoms with Crippen LogP contribution in [0.5, 0.6) is 0 Å². The predicted octanol–water partition coefficient (Wildman–Crippen LogP) is -4.22. The average molecular weight is 461 g/mol. The van der Waals surface area contributed by atoms with E-state index in [1.165, 1.54) is 6.92 Å². The number of hydrogen-bond acceptors (Lipinski definition) is 8. The average Bonchev–Trinajstić information content (AvgIpc) is 2.69. The number of carbonyl (C=O) groups excluding carboxylic acids is 3. The highest BCUT2D eigenvalue weighted by atomic mass is 16.4. The first-order valence-corrected chi connectivity index (χ1v) is 9.66. The van der Waals surface area contributed by atoms with E-state index in [1.807, 2.05) is 0 Å². The molecule has 0 aromatic carbocycles. The van der Waals surface area contributed by atoms with Gasteiger partial charge in [-0.2, -0.15) is 0 Å². The van der Waals surface area contributed by atoms with Crippen molar-refractivity contribution >= 4 is 35.6 Å². The van der Waals surface area contributed by atoms with Crippen LogP contribution in [-0.2, 0) is 24.0 Å². The third kappa shape index (κ3) is 12.3. The fourth-order valence-electron chi connectivity index (χ4n) is 2.35. The number of carboxylic acids is 2. The van der Waals surface area contributed by atoms with E-state index in [-0.39, 0.29) is 31.8 Å². The van der Waals surface area contributed by atoms with Gasteiger partial charge in [0.15, 0.2) is 5.96 Å². The number of aliphatic hydroxyl groups is 1. The topological polar surface area (TPSA) is 273 Å². The maximum Gasteiger partial charge on any atom is 0.322 e. The van der Waals surface area contributed by atoms with Gasteiger partial charge in [-0.1, -0.05) is 0 Å². The number of aliphatic carboxylic acids is 2. The first kappa shape index (κ1) is 28.5. The summed E-state index contributed by atoms with van der Waals surface area (Å²) in [5, 5.41) is 33.7. The Labute approximate surface area is 183 Å². The molecule has 0 saturated heterocycles. The van der Waals surface area contributed by atoms with Crippen LogP contribution >= 0.6 is 0 Å². The van der Waals surface area contributed by atoms with Gasteiger partial charge < -0.3 is 48.5 Å². The highest BCUT2D eigenvalue weighted by Gasteiger charge is 2.29. The fraction of sp³-hybridized carbons (Fsp3) is 0.647. The molecule has 0 aliphatic carbocycles. The molecule has 0 fully saturated rings.